The molecular weight excluding hydrogens is 348 g/mol. The number of nitrogens with zero attached hydrogens (tertiary/aromatic N) is 3. The first-order valence-electron chi connectivity index (χ1n) is 8.72. The number of carbonyl (C=O) groups is 1. The van der Waals surface area contributed by atoms with Gasteiger partial charge in [0.25, 0.3) is 0 Å². The number of rotatable bonds is 5. The number of benzene rings is 1. The van der Waals surface area contributed by atoms with Crippen LogP contribution in [0.5, 0.6) is 0 Å². The van der Waals surface area contributed by atoms with Gasteiger partial charge in [-0.2, -0.15) is 5.10 Å². The maximum Gasteiger partial charge on any atom is 0.220 e. The van der Waals surface area contributed by atoms with E-state index in [1.165, 1.54) is 0 Å². The van der Waals surface area contributed by atoms with Crippen LogP contribution in [-0.2, 0) is 11.2 Å². The van der Waals surface area contributed by atoms with E-state index in [1.807, 2.05) is 62.5 Å². The molecule has 0 radical (unpaired) electrons. The fourth-order valence-corrected chi connectivity index (χ4v) is 3.32. The summed E-state index contributed by atoms with van der Waals surface area (Å²) in [6.07, 6.45) is 1.05. The molecule has 1 aromatic carbocycles. The molecule has 2 heterocycles. The Balaban J connectivity index is 1.67. The molecule has 0 aliphatic heterocycles. The Hall–Kier alpha value is -2.40. The van der Waals surface area contributed by atoms with E-state index in [4.69, 9.17) is 11.6 Å². The SMILES string of the molecule is Cc1cc2nc(C)c(CCC(=O)NC(C)c3ccc(Cl)cc3)c(C)n2n1. The lowest BCUT2D eigenvalue weighted by atomic mass is 10.1. The van der Waals surface area contributed by atoms with E-state index in [1.54, 1.807) is 0 Å². The van der Waals surface area contributed by atoms with Crippen molar-refractivity contribution < 1.29 is 4.79 Å². The Kier molecular flexibility index (Phi) is 5.28. The summed E-state index contributed by atoms with van der Waals surface area (Å²) in [5.41, 5.74) is 5.89. The van der Waals surface area contributed by atoms with Crippen LogP contribution in [0.2, 0.25) is 5.02 Å². The Morgan fingerprint density at radius 3 is 2.62 bits per heavy atom. The molecular formula is C20H23ClN4O. The van der Waals surface area contributed by atoms with Gasteiger partial charge in [-0.05, 0) is 57.4 Å². The topological polar surface area (TPSA) is 59.3 Å². The third-order valence-electron chi connectivity index (χ3n) is 4.64. The summed E-state index contributed by atoms with van der Waals surface area (Å²) in [6, 6.07) is 9.43. The van der Waals surface area contributed by atoms with Gasteiger partial charge in [0.15, 0.2) is 5.65 Å². The molecule has 0 saturated heterocycles. The molecule has 1 N–H and O–H groups in total. The monoisotopic (exact) mass is 370 g/mol. The lowest BCUT2D eigenvalue weighted by Gasteiger charge is -2.15. The zero-order valence-corrected chi connectivity index (χ0v) is 16.3. The molecule has 0 fully saturated rings. The van der Waals surface area contributed by atoms with E-state index in [-0.39, 0.29) is 11.9 Å². The molecule has 0 aliphatic rings. The number of hydrogen-bond donors (Lipinski definition) is 1. The van der Waals surface area contributed by atoms with Crippen molar-refractivity contribution in [2.45, 2.75) is 46.6 Å². The molecule has 1 unspecified atom stereocenters. The summed E-state index contributed by atoms with van der Waals surface area (Å²) in [7, 11) is 0. The van der Waals surface area contributed by atoms with Gasteiger partial charge >= 0.3 is 0 Å². The van der Waals surface area contributed by atoms with Crippen LogP contribution in [0.1, 0.15) is 47.6 Å². The Labute approximate surface area is 158 Å². The summed E-state index contributed by atoms with van der Waals surface area (Å²) < 4.78 is 1.85. The molecule has 1 amide bonds. The van der Waals surface area contributed by atoms with Crippen LogP contribution in [0.15, 0.2) is 30.3 Å². The van der Waals surface area contributed by atoms with Gasteiger partial charge in [0, 0.05) is 28.9 Å². The average molecular weight is 371 g/mol. The Bertz CT molecular complexity index is 947. The number of aryl methyl sites for hydroxylation is 3. The van der Waals surface area contributed by atoms with Crippen LogP contribution in [0.25, 0.3) is 5.65 Å². The summed E-state index contributed by atoms with van der Waals surface area (Å²) in [5, 5.41) is 8.21. The van der Waals surface area contributed by atoms with Gasteiger partial charge < -0.3 is 5.32 Å². The van der Waals surface area contributed by atoms with Crippen LogP contribution in [0.4, 0.5) is 0 Å². The summed E-state index contributed by atoms with van der Waals surface area (Å²) in [5.74, 6) is 0.0167. The minimum absolute atomic E-state index is 0.0167. The van der Waals surface area contributed by atoms with Crippen molar-refractivity contribution in [1.29, 1.82) is 0 Å². The number of nitrogens with one attached hydrogen (secondary N) is 1. The van der Waals surface area contributed by atoms with Gasteiger partial charge in [-0.1, -0.05) is 23.7 Å². The molecule has 26 heavy (non-hydrogen) atoms. The Morgan fingerprint density at radius 1 is 1.23 bits per heavy atom. The first-order valence-corrected chi connectivity index (χ1v) is 9.10. The van der Waals surface area contributed by atoms with Crippen molar-refractivity contribution in [2.75, 3.05) is 0 Å². The number of carbonyl (C=O) groups excluding carboxylic acids is 1. The van der Waals surface area contributed by atoms with E-state index in [9.17, 15) is 4.79 Å². The van der Waals surface area contributed by atoms with Crippen LogP contribution in [0.3, 0.4) is 0 Å². The van der Waals surface area contributed by atoms with Gasteiger partial charge in [-0.25, -0.2) is 9.50 Å². The van der Waals surface area contributed by atoms with Crippen LogP contribution in [0, 0.1) is 20.8 Å². The van der Waals surface area contributed by atoms with Gasteiger partial charge in [0.2, 0.25) is 5.91 Å². The zero-order chi connectivity index (χ0) is 18.8. The molecule has 136 valence electrons. The molecule has 2 aromatic heterocycles. The van der Waals surface area contributed by atoms with Crippen LogP contribution >= 0.6 is 11.6 Å². The molecule has 0 bridgehead atoms. The fraction of sp³-hybridized carbons (Fsp3) is 0.350. The number of halogens is 1. The molecule has 5 nitrogen and oxygen atoms in total. The van der Waals surface area contributed by atoms with Gasteiger partial charge in [-0.15, -0.1) is 0 Å². The van der Waals surface area contributed by atoms with Crippen LogP contribution in [-0.4, -0.2) is 20.5 Å². The summed E-state index contributed by atoms with van der Waals surface area (Å²) in [4.78, 5) is 17.0. The Morgan fingerprint density at radius 2 is 1.92 bits per heavy atom. The molecule has 3 rings (SSSR count). The zero-order valence-electron chi connectivity index (χ0n) is 15.5. The maximum absolute atomic E-state index is 12.4. The second-order valence-electron chi connectivity index (χ2n) is 6.66. The first kappa shape index (κ1) is 18.4. The number of amides is 1. The van der Waals surface area contributed by atoms with Crippen molar-refractivity contribution in [1.82, 2.24) is 19.9 Å². The largest absolute Gasteiger partial charge is 0.350 e. The minimum atomic E-state index is -0.0590. The average Bonchev–Trinajstić information content (AvgIpc) is 2.95. The van der Waals surface area contributed by atoms with Gasteiger partial charge in [-0.3, -0.25) is 4.79 Å². The fourth-order valence-electron chi connectivity index (χ4n) is 3.19. The summed E-state index contributed by atoms with van der Waals surface area (Å²) in [6.45, 7) is 7.93. The second kappa shape index (κ2) is 7.46. The van der Waals surface area contributed by atoms with E-state index in [0.717, 1.165) is 33.9 Å². The lowest BCUT2D eigenvalue weighted by molar-refractivity contribution is -0.121. The van der Waals surface area contributed by atoms with E-state index in [0.29, 0.717) is 17.9 Å². The highest BCUT2D eigenvalue weighted by Gasteiger charge is 2.14. The number of fused-ring (bicyclic) bond motifs is 1. The molecule has 0 saturated carbocycles. The molecule has 6 heteroatoms. The van der Waals surface area contributed by atoms with Crippen molar-refractivity contribution in [3.8, 4) is 0 Å². The highest BCUT2D eigenvalue weighted by molar-refractivity contribution is 6.30. The van der Waals surface area contributed by atoms with E-state index < -0.39 is 0 Å². The predicted molar refractivity (Wildman–Crippen MR) is 104 cm³/mol. The van der Waals surface area contributed by atoms with Crippen LogP contribution < -0.4 is 5.32 Å². The third kappa shape index (κ3) is 3.88. The van der Waals surface area contributed by atoms with Gasteiger partial charge in [0.05, 0.1) is 11.7 Å². The van der Waals surface area contributed by atoms with Crippen molar-refractivity contribution in [2.24, 2.45) is 0 Å². The second-order valence-corrected chi connectivity index (χ2v) is 7.09. The van der Waals surface area contributed by atoms with Crippen molar-refractivity contribution in [3.05, 3.63) is 63.6 Å². The lowest BCUT2D eigenvalue weighted by Crippen LogP contribution is -2.27. The number of aromatic nitrogens is 3. The quantitative estimate of drug-likeness (QED) is 0.735. The summed E-state index contributed by atoms with van der Waals surface area (Å²) >= 11 is 5.91. The highest BCUT2D eigenvalue weighted by Crippen LogP contribution is 2.18. The minimum Gasteiger partial charge on any atom is -0.350 e. The molecule has 0 aliphatic carbocycles. The smallest absolute Gasteiger partial charge is 0.220 e. The maximum atomic E-state index is 12.4. The third-order valence-corrected chi connectivity index (χ3v) is 4.89. The van der Waals surface area contributed by atoms with Crippen molar-refractivity contribution >= 4 is 23.2 Å². The first-order chi connectivity index (χ1) is 12.3. The van der Waals surface area contributed by atoms with Gasteiger partial charge in [0.1, 0.15) is 0 Å². The standard InChI is InChI=1S/C20H23ClN4O/c1-12-11-19-22-14(3)18(15(4)25(19)24-12)9-10-20(26)23-13(2)16-5-7-17(21)8-6-16/h5-8,11,13H,9-10H2,1-4H3,(H,23,26). The highest BCUT2D eigenvalue weighted by atomic mass is 35.5. The normalized spacial score (nSPS) is 12.3. The number of hydrogen-bond acceptors (Lipinski definition) is 3. The predicted octanol–water partition coefficient (Wildman–Crippen LogP) is 4.12. The molecule has 1 atom stereocenters. The molecule has 3 aromatic rings. The van der Waals surface area contributed by atoms with E-state index >= 15 is 0 Å². The van der Waals surface area contributed by atoms with E-state index in [2.05, 4.69) is 15.4 Å². The van der Waals surface area contributed by atoms with Crippen molar-refractivity contribution in [3.63, 3.8) is 0 Å². The molecule has 0 spiro atoms.